The summed E-state index contributed by atoms with van der Waals surface area (Å²) in [6.45, 7) is 3.62. The van der Waals surface area contributed by atoms with Crippen LogP contribution in [0.3, 0.4) is 0 Å². The van der Waals surface area contributed by atoms with Gasteiger partial charge in [-0.2, -0.15) is 0 Å². The normalized spacial score (nSPS) is 9.92. The van der Waals surface area contributed by atoms with Gasteiger partial charge in [-0.3, -0.25) is 20.3 Å². The van der Waals surface area contributed by atoms with Crippen molar-refractivity contribution in [3.63, 3.8) is 0 Å². The SMILES string of the molecule is Cc1ccc(OCC(=O)NNC(=O)Nc2cccc([N+](=O)[O-])c2)cc1C. The minimum atomic E-state index is -0.745. The molecule has 0 spiro atoms. The first-order chi connectivity index (χ1) is 12.3. The molecule has 26 heavy (non-hydrogen) atoms. The highest BCUT2D eigenvalue weighted by Crippen LogP contribution is 2.17. The molecule has 0 aliphatic heterocycles. The Morgan fingerprint density at radius 2 is 1.85 bits per heavy atom. The van der Waals surface area contributed by atoms with Crippen LogP contribution in [0.4, 0.5) is 16.2 Å². The maximum atomic E-state index is 11.7. The van der Waals surface area contributed by atoms with Crippen molar-refractivity contribution in [3.8, 4) is 5.75 Å². The van der Waals surface area contributed by atoms with E-state index in [2.05, 4.69) is 16.2 Å². The minimum Gasteiger partial charge on any atom is -0.484 e. The summed E-state index contributed by atoms with van der Waals surface area (Å²) in [5.74, 6) is -0.0123. The van der Waals surface area contributed by atoms with E-state index in [1.54, 1.807) is 6.07 Å². The molecular weight excluding hydrogens is 340 g/mol. The highest BCUT2D eigenvalue weighted by Gasteiger charge is 2.09. The fourth-order valence-corrected chi connectivity index (χ4v) is 1.97. The van der Waals surface area contributed by atoms with Crippen LogP contribution in [0.2, 0.25) is 0 Å². The third-order valence-electron chi connectivity index (χ3n) is 3.48. The van der Waals surface area contributed by atoms with E-state index in [1.165, 1.54) is 24.3 Å². The van der Waals surface area contributed by atoms with Gasteiger partial charge < -0.3 is 10.1 Å². The lowest BCUT2D eigenvalue weighted by Crippen LogP contribution is -2.45. The predicted molar refractivity (Wildman–Crippen MR) is 94.8 cm³/mol. The molecule has 136 valence electrons. The highest BCUT2D eigenvalue weighted by atomic mass is 16.6. The van der Waals surface area contributed by atoms with Crippen LogP contribution in [0.1, 0.15) is 11.1 Å². The predicted octanol–water partition coefficient (Wildman–Crippen LogP) is 2.44. The lowest BCUT2D eigenvalue weighted by molar-refractivity contribution is -0.384. The number of carbonyl (C=O) groups is 2. The average molecular weight is 358 g/mol. The Labute approximate surface area is 149 Å². The summed E-state index contributed by atoms with van der Waals surface area (Å²) >= 11 is 0. The molecule has 9 heteroatoms. The van der Waals surface area contributed by atoms with Gasteiger partial charge in [-0.25, -0.2) is 10.2 Å². The van der Waals surface area contributed by atoms with Gasteiger partial charge in [0.05, 0.1) is 4.92 Å². The monoisotopic (exact) mass is 358 g/mol. The molecule has 0 heterocycles. The molecule has 2 aromatic carbocycles. The summed E-state index contributed by atoms with van der Waals surface area (Å²) in [6, 6.07) is 10.1. The second-order valence-electron chi connectivity index (χ2n) is 5.47. The summed E-state index contributed by atoms with van der Waals surface area (Å²) < 4.78 is 5.34. The minimum absolute atomic E-state index is 0.159. The number of hydrogen-bond acceptors (Lipinski definition) is 5. The van der Waals surface area contributed by atoms with Crippen LogP contribution in [-0.2, 0) is 4.79 Å². The maximum Gasteiger partial charge on any atom is 0.337 e. The number of nitro benzene ring substituents is 1. The Bertz CT molecular complexity index is 838. The van der Waals surface area contributed by atoms with Crippen molar-refractivity contribution >= 4 is 23.3 Å². The topological polar surface area (TPSA) is 123 Å². The molecule has 3 amide bonds. The van der Waals surface area contributed by atoms with Crippen LogP contribution in [0.5, 0.6) is 5.75 Å². The molecule has 0 aliphatic carbocycles. The average Bonchev–Trinajstić information content (AvgIpc) is 2.61. The van der Waals surface area contributed by atoms with Gasteiger partial charge in [0, 0.05) is 17.8 Å². The van der Waals surface area contributed by atoms with Crippen molar-refractivity contribution in [2.24, 2.45) is 0 Å². The second-order valence-corrected chi connectivity index (χ2v) is 5.47. The van der Waals surface area contributed by atoms with E-state index in [-0.39, 0.29) is 18.0 Å². The Morgan fingerprint density at radius 3 is 2.54 bits per heavy atom. The number of nitrogens with zero attached hydrogens (tertiary/aromatic N) is 1. The molecule has 0 unspecified atom stereocenters. The number of nitrogens with one attached hydrogen (secondary N) is 3. The van der Waals surface area contributed by atoms with Gasteiger partial charge in [0.15, 0.2) is 6.61 Å². The summed E-state index contributed by atoms with van der Waals surface area (Å²) in [5, 5.41) is 13.1. The van der Waals surface area contributed by atoms with E-state index in [0.717, 1.165) is 11.1 Å². The van der Waals surface area contributed by atoms with Crippen LogP contribution < -0.4 is 20.9 Å². The number of anilines is 1. The Hall–Kier alpha value is -3.62. The summed E-state index contributed by atoms with van der Waals surface area (Å²) in [7, 11) is 0. The number of hydrogen-bond donors (Lipinski definition) is 3. The number of non-ortho nitro benzene ring substituents is 1. The number of nitro groups is 1. The van der Waals surface area contributed by atoms with E-state index in [1.807, 2.05) is 26.0 Å². The smallest absolute Gasteiger partial charge is 0.337 e. The maximum absolute atomic E-state index is 11.7. The molecule has 9 nitrogen and oxygen atoms in total. The van der Waals surface area contributed by atoms with Crippen LogP contribution >= 0.6 is 0 Å². The molecule has 3 N–H and O–H groups in total. The summed E-state index contributed by atoms with van der Waals surface area (Å²) in [6.07, 6.45) is 0. The molecule has 2 aromatic rings. The van der Waals surface area contributed by atoms with Crippen molar-refractivity contribution in [1.29, 1.82) is 0 Å². The van der Waals surface area contributed by atoms with Crippen molar-refractivity contribution in [1.82, 2.24) is 10.9 Å². The molecule has 2 rings (SSSR count). The third kappa shape index (κ3) is 5.48. The van der Waals surface area contributed by atoms with Crippen LogP contribution in [0, 0.1) is 24.0 Å². The van der Waals surface area contributed by atoms with Crippen LogP contribution in [-0.4, -0.2) is 23.5 Å². The van der Waals surface area contributed by atoms with Crippen LogP contribution in [0.25, 0.3) is 0 Å². The number of rotatable bonds is 5. The van der Waals surface area contributed by atoms with Gasteiger partial charge in [-0.05, 0) is 43.2 Å². The van der Waals surface area contributed by atoms with Gasteiger partial charge in [-0.15, -0.1) is 0 Å². The zero-order valence-electron chi connectivity index (χ0n) is 14.2. The fourth-order valence-electron chi connectivity index (χ4n) is 1.97. The number of urea groups is 1. The lowest BCUT2D eigenvalue weighted by Gasteiger charge is -2.10. The van der Waals surface area contributed by atoms with Crippen molar-refractivity contribution < 1.29 is 19.2 Å². The third-order valence-corrected chi connectivity index (χ3v) is 3.48. The van der Waals surface area contributed by atoms with Gasteiger partial charge in [0.1, 0.15) is 5.75 Å². The number of ether oxygens (including phenoxy) is 1. The number of carbonyl (C=O) groups excluding carboxylic acids is 2. The Balaban J connectivity index is 1.77. The van der Waals surface area contributed by atoms with E-state index >= 15 is 0 Å². The Kier molecular flexibility index (Phi) is 6.10. The number of benzene rings is 2. The van der Waals surface area contributed by atoms with Crippen molar-refractivity contribution in [2.75, 3.05) is 11.9 Å². The van der Waals surface area contributed by atoms with Gasteiger partial charge in [-0.1, -0.05) is 12.1 Å². The fraction of sp³-hybridized carbons (Fsp3) is 0.176. The quantitative estimate of drug-likeness (QED) is 0.560. The van der Waals surface area contributed by atoms with E-state index in [4.69, 9.17) is 4.74 Å². The number of amides is 3. The van der Waals surface area contributed by atoms with Gasteiger partial charge in [0.25, 0.3) is 11.6 Å². The number of aryl methyl sites for hydroxylation is 2. The first-order valence-electron chi connectivity index (χ1n) is 7.65. The lowest BCUT2D eigenvalue weighted by atomic mass is 10.1. The van der Waals surface area contributed by atoms with E-state index in [0.29, 0.717) is 5.75 Å². The Morgan fingerprint density at radius 1 is 1.08 bits per heavy atom. The van der Waals surface area contributed by atoms with E-state index in [9.17, 15) is 19.7 Å². The largest absolute Gasteiger partial charge is 0.484 e. The van der Waals surface area contributed by atoms with Crippen molar-refractivity contribution in [3.05, 3.63) is 63.7 Å². The molecule has 0 bridgehead atoms. The molecule has 0 fully saturated rings. The number of hydrazine groups is 1. The zero-order valence-corrected chi connectivity index (χ0v) is 14.2. The highest BCUT2D eigenvalue weighted by molar-refractivity contribution is 5.91. The molecule has 0 aliphatic rings. The zero-order chi connectivity index (χ0) is 19.1. The second kappa shape index (κ2) is 8.47. The molecule has 0 aromatic heterocycles. The van der Waals surface area contributed by atoms with E-state index < -0.39 is 16.9 Å². The standard InChI is InChI=1S/C17H18N4O5/c1-11-6-7-15(8-12(11)2)26-10-16(22)19-20-17(23)18-13-4-3-5-14(9-13)21(24)25/h3-9H,10H2,1-2H3,(H,19,22)(H2,18,20,23). The van der Waals surface area contributed by atoms with Crippen molar-refractivity contribution in [2.45, 2.75) is 13.8 Å². The summed E-state index contributed by atoms with van der Waals surface area (Å²) in [4.78, 5) is 33.5. The van der Waals surface area contributed by atoms with Gasteiger partial charge in [0.2, 0.25) is 0 Å². The molecule has 0 radical (unpaired) electrons. The van der Waals surface area contributed by atoms with Gasteiger partial charge >= 0.3 is 6.03 Å². The first kappa shape index (κ1) is 18.7. The molecular formula is C17H18N4O5. The summed E-state index contributed by atoms with van der Waals surface area (Å²) in [5.41, 5.74) is 6.53. The molecule has 0 saturated carbocycles. The van der Waals surface area contributed by atoms with Crippen LogP contribution in [0.15, 0.2) is 42.5 Å². The molecule has 0 saturated heterocycles. The molecule has 0 atom stereocenters. The first-order valence-corrected chi connectivity index (χ1v) is 7.65.